The molecule has 0 radical (unpaired) electrons. The molecular weight excluding hydrogens is 487 g/mol. The van der Waals surface area contributed by atoms with E-state index >= 15 is 0 Å². The van der Waals surface area contributed by atoms with Crippen LogP contribution >= 0.6 is 22.6 Å². The summed E-state index contributed by atoms with van der Waals surface area (Å²) in [6.07, 6.45) is 3.14. The van der Waals surface area contributed by atoms with Crippen molar-refractivity contribution in [3.05, 3.63) is 10.0 Å². The number of nitrogens with zero attached hydrogens (tertiary/aromatic N) is 5. The number of aliphatic hydroxyl groups is 1. The maximum Gasteiger partial charge on any atom is 0.156 e. The van der Waals surface area contributed by atoms with Crippen molar-refractivity contribution in [1.82, 2.24) is 24.6 Å². The van der Waals surface area contributed by atoms with E-state index in [1.807, 2.05) is 11.6 Å². The normalized spacial score (nSPS) is 17.9. The molecule has 1 fully saturated rings. The highest BCUT2D eigenvalue weighted by Gasteiger charge is 2.23. The second-order valence-electron chi connectivity index (χ2n) is 8.64. The Morgan fingerprint density at radius 3 is 2.68 bits per heavy atom. The lowest BCUT2D eigenvalue weighted by Crippen LogP contribution is -2.43. The third-order valence-electron chi connectivity index (χ3n) is 5.09. The molecule has 8 nitrogen and oxygen atoms in total. The number of hydrogen-bond acceptors (Lipinski definition) is 7. The minimum absolute atomic E-state index is 0.321. The number of aromatic nitrogens is 4. The highest BCUT2D eigenvalue weighted by molar-refractivity contribution is 14.1. The molecule has 2 aromatic heterocycles. The van der Waals surface area contributed by atoms with Gasteiger partial charge in [-0.3, -0.25) is 4.90 Å². The number of fused-ring (bicyclic) bond motifs is 1. The summed E-state index contributed by atoms with van der Waals surface area (Å²) < 4.78 is 8.64. The summed E-state index contributed by atoms with van der Waals surface area (Å²) in [5.41, 5.74) is 1.76. The van der Waals surface area contributed by atoms with E-state index in [2.05, 4.69) is 67.5 Å². The van der Waals surface area contributed by atoms with Crippen molar-refractivity contribution in [2.45, 2.75) is 64.5 Å². The van der Waals surface area contributed by atoms with Gasteiger partial charge >= 0.3 is 0 Å². The molecule has 1 aliphatic rings. The predicted molar refractivity (Wildman–Crippen MR) is 122 cm³/mol. The van der Waals surface area contributed by atoms with Gasteiger partial charge in [0.1, 0.15) is 34.0 Å². The summed E-state index contributed by atoms with van der Waals surface area (Å²) in [5, 5.41) is 17.9. The van der Waals surface area contributed by atoms with Crippen molar-refractivity contribution in [1.29, 1.82) is 0 Å². The average molecular weight is 518 g/mol. The summed E-state index contributed by atoms with van der Waals surface area (Å²) in [6.45, 7) is 11.8. The van der Waals surface area contributed by atoms with Gasteiger partial charge in [-0.15, -0.1) is 0 Å². The highest BCUT2D eigenvalue weighted by Crippen LogP contribution is 2.26. The quantitative estimate of drug-likeness (QED) is 0.316. The van der Waals surface area contributed by atoms with Crippen molar-refractivity contribution in [2.24, 2.45) is 0 Å². The van der Waals surface area contributed by atoms with Crippen molar-refractivity contribution in [3.8, 4) is 0 Å². The molecule has 0 saturated carbocycles. The summed E-state index contributed by atoms with van der Waals surface area (Å²) in [4.78, 5) is 11.0. The van der Waals surface area contributed by atoms with Crippen LogP contribution in [0.3, 0.4) is 0 Å². The molecule has 0 aliphatic carbocycles. The molecule has 10 heteroatoms. The Morgan fingerprint density at radius 1 is 1.32 bits per heavy atom. The zero-order chi connectivity index (χ0) is 20.3. The molecule has 0 aromatic carbocycles. The van der Waals surface area contributed by atoms with E-state index in [0.29, 0.717) is 12.8 Å². The predicted octanol–water partition coefficient (Wildman–Crippen LogP) is 2.96. The molecule has 0 bridgehead atoms. The lowest BCUT2D eigenvalue weighted by atomic mass is 10.0. The number of anilines is 1. The molecule has 3 rings (SSSR count). The number of aliphatic hydroxyl groups excluding tert-OH is 1. The van der Waals surface area contributed by atoms with Crippen LogP contribution in [-0.4, -0.2) is 69.8 Å². The number of ether oxygens (including phenoxy) is 1. The van der Waals surface area contributed by atoms with E-state index < -0.39 is 8.07 Å². The van der Waals surface area contributed by atoms with Crippen LogP contribution in [0.25, 0.3) is 11.0 Å². The second-order valence-corrected chi connectivity index (χ2v) is 15.3. The number of rotatable bonds is 8. The zero-order valence-corrected chi connectivity index (χ0v) is 20.3. The number of nitrogens with one attached hydrogen (secondary N) is 1. The molecule has 28 heavy (non-hydrogen) atoms. The molecule has 1 unspecified atom stereocenters. The van der Waals surface area contributed by atoms with E-state index in [1.165, 1.54) is 0 Å². The maximum atomic E-state index is 9.75. The van der Waals surface area contributed by atoms with Crippen LogP contribution in [0.4, 0.5) is 5.82 Å². The summed E-state index contributed by atoms with van der Waals surface area (Å²) >= 11 is 2.22. The van der Waals surface area contributed by atoms with Gasteiger partial charge < -0.3 is 15.2 Å². The Kier molecular flexibility index (Phi) is 7.29. The fourth-order valence-corrected chi connectivity index (χ4v) is 4.73. The Bertz CT molecular complexity index is 786. The SMILES string of the molecule is CC(O)N1CCC(Nc2ncnc3c(I)nn(COCC[Si](C)(C)C)c23)CC1. The third kappa shape index (κ3) is 5.62. The first-order valence-electron chi connectivity index (χ1n) is 9.88. The average Bonchev–Trinajstić information content (AvgIpc) is 2.95. The topological polar surface area (TPSA) is 88.3 Å². The molecule has 1 aliphatic heterocycles. The van der Waals surface area contributed by atoms with Crippen LogP contribution in [0, 0.1) is 3.70 Å². The summed E-state index contributed by atoms with van der Waals surface area (Å²) in [6, 6.07) is 1.45. The van der Waals surface area contributed by atoms with Gasteiger partial charge in [0, 0.05) is 33.8 Å². The Balaban J connectivity index is 1.70. The molecular formula is C18H31IN6O2Si. The van der Waals surface area contributed by atoms with Crippen LogP contribution in [0.5, 0.6) is 0 Å². The minimum Gasteiger partial charge on any atom is -0.379 e. The Hall–Kier alpha value is -0.823. The smallest absolute Gasteiger partial charge is 0.156 e. The largest absolute Gasteiger partial charge is 0.379 e. The monoisotopic (exact) mass is 518 g/mol. The van der Waals surface area contributed by atoms with Gasteiger partial charge in [0.05, 0.1) is 0 Å². The van der Waals surface area contributed by atoms with Crippen LogP contribution in [0.15, 0.2) is 6.33 Å². The Morgan fingerprint density at radius 2 is 2.04 bits per heavy atom. The van der Waals surface area contributed by atoms with E-state index in [0.717, 1.165) is 59.1 Å². The van der Waals surface area contributed by atoms with E-state index in [1.54, 1.807) is 6.33 Å². The molecule has 1 saturated heterocycles. The van der Waals surface area contributed by atoms with Gasteiger partial charge in [-0.05, 0) is 48.4 Å². The number of hydrogen-bond donors (Lipinski definition) is 2. The fourth-order valence-electron chi connectivity index (χ4n) is 3.32. The highest BCUT2D eigenvalue weighted by atomic mass is 127. The van der Waals surface area contributed by atoms with Crippen LogP contribution in [-0.2, 0) is 11.5 Å². The third-order valence-corrected chi connectivity index (χ3v) is 7.52. The molecule has 2 N–H and O–H groups in total. The van der Waals surface area contributed by atoms with Gasteiger partial charge in [-0.2, -0.15) is 5.10 Å². The first-order chi connectivity index (χ1) is 13.2. The van der Waals surface area contributed by atoms with Gasteiger partial charge in [-0.25, -0.2) is 14.6 Å². The van der Waals surface area contributed by atoms with Crippen LogP contribution in [0.2, 0.25) is 25.7 Å². The van der Waals surface area contributed by atoms with Crippen molar-refractivity contribution in [3.63, 3.8) is 0 Å². The van der Waals surface area contributed by atoms with Gasteiger partial charge in [0.2, 0.25) is 0 Å². The molecule has 156 valence electrons. The standard InChI is InChI=1S/C18H31IN6O2Si/c1-13(26)24-7-5-14(6-8-24)22-18-16-15(20-11-21-18)17(19)23-25(16)12-27-9-10-28(2,3)4/h11,13-14,26H,5-10,12H2,1-4H3,(H,20,21,22). The van der Waals surface area contributed by atoms with E-state index in [4.69, 9.17) is 4.74 Å². The molecule has 0 amide bonds. The summed E-state index contributed by atoms with van der Waals surface area (Å²) in [5.74, 6) is 0.810. The lowest BCUT2D eigenvalue weighted by Gasteiger charge is -2.34. The zero-order valence-electron chi connectivity index (χ0n) is 17.2. The van der Waals surface area contributed by atoms with Gasteiger partial charge in [0.25, 0.3) is 0 Å². The number of piperidine rings is 1. The van der Waals surface area contributed by atoms with Crippen molar-refractivity contribution in [2.75, 3.05) is 25.0 Å². The number of likely N-dealkylation sites (tertiary alicyclic amines) is 1. The van der Waals surface area contributed by atoms with E-state index in [9.17, 15) is 5.11 Å². The Labute approximate surface area is 181 Å². The fraction of sp³-hybridized carbons (Fsp3) is 0.722. The molecule has 2 aromatic rings. The summed E-state index contributed by atoms with van der Waals surface area (Å²) in [7, 11) is -1.11. The van der Waals surface area contributed by atoms with E-state index in [-0.39, 0.29) is 6.23 Å². The maximum absolute atomic E-state index is 9.75. The molecule has 1 atom stereocenters. The van der Waals surface area contributed by atoms with Gasteiger partial charge in [0.15, 0.2) is 5.82 Å². The first-order valence-corrected chi connectivity index (χ1v) is 14.7. The minimum atomic E-state index is -1.11. The first kappa shape index (κ1) is 21.9. The molecule has 3 heterocycles. The van der Waals surface area contributed by atoms with Crippen molar-refractivity contribution >= 4 is 47.5 Å². The van der Waals surface area contributed by atoms with Gasteiger partial charge in [-0.1, -0.05) is 19.6 Å². The van der Waals surface area contributed by atoms with Crippen LogP contribution < -0.4 is 5.32 Å². The second kappa shape index (κ2) is 9.33. The van der Waals surface area contributed by atoms with Crippen molar-refractivity contribution < 1.29 is 9.84 Å². The lowest BCUT2D eigenvalue weighted by molar-refractivity contribution is 0.00476. The number of halogens is 1. The molecule has 0 spiro atoms. The van der Waals surface area contributed by atoms with Crippen LogP contribution in [0.1, 0.15) is 19.8 Å².